The van der Waals surface area contributed by atoms with Gasteiger partial charge in [-0.25, -0.2) is 9.59 Å². The fourth-order valence-electron chi connectivity index (χ4n) is 2.28. The number of amides is 1. The largest absolute Gasteiger partial charge is 0.464 e. The molecule has 110 valence electrons. The Balaban J connectivity index is 2.86. The average molecular weight is 271 g/mol. The predicted octanol–water partition coefficient (Wildman–Crippen LogP) is 2.58. The van der Waals surface area contributed by atoms with Crippen molar-refractivity contribution in [2.75, 3.05) is 6.61 Å². The van der Waals surface area contributed by atoms with Crippen LogP contribution in [0.3, 0.4) is 0 Å². The second kappa shape index (κ2) is 5.80. The van der Waals surface area contributed by atoms with Gasteiger partial charge in [-0.15, -0.1) is 0 Å². The van der Waals surface area contributed by atoms with Crippen LogP contribution in [0.15, 0.2) is 0 Å². The van der Waals surface area contributed by atoms with Crippen molar-refractivity contribution in [1.82, 2.24) is 4.90 Å². The summed E-state index contributed by atoms with van der Waals surface area (Å²) in [6, 6.07) is -0.552. The number of hydrogen-bond acceptors (Lipinski definition) is 4. The van der Waals surface area contributed by atoms with E-state index in [4.69, 9.17) is 9.47 Å². The van der Waals surface area contributed by atoms with E-state index in [0.717, 1.165) is 0 Å². The van der Waals surface area contributed by atoms with E-state index in [0.29, 0.717) is 13.0 Å². The molecule has 1 saturated heterocycles. The first-order valence-corrected chi connectivity index (χ1v) is 6.85. The molecule has 19 heavy (non-hydrogen) atoms. The zero-order valence-electron chi connectivity index (χ0n) is 12.7. The van der Waals surface area contributed by atoms with Crippen molar-refractivity contribution in [2.24, 2.45) is 5.92 Å². The molecule has 1 aliphatic rings. The van der Waals surface area contributed by atoms with Gasteiger partial charge in [-0.05, 0) is 47.0 Å². The molecule has 1 amide bonds. The van der Waals surface area contributed by atoms with Gasteiger partial charge in [0.15, 0.2) is 0 Å². The lowest BCUT2D eigenvalue weighted by Gasteiger charge is -2.30. The fourth-order valence-corrected chi connectivity index (χ4v) is 2.28. The molecule has 1 aliphatic heterocycles. The third-order valence-electron chi connectivity index (χ3n) is 3.36. The molecule has 1 rings (SSSR count). The lowest BCUT2D eigenvalue weighted by Crippen LogP contribution is -2.47. The first-order chi connectivity index (χ1) is 8.67. The van der Waals surface area contributed by atoms with Crippen molar-refractivity contribution in [3.8, 4) is 0 Å². The highest BCUT2D eigenvalue weighted by molar-refractivity contribution is 5.82. The van der Waals surface area contributed by atoms with E-state index in [-0.39, 0.29) is 17.9 Å². The summed E-state index contributed by atoms with van der Waals surface area (Å²) in [4.78, 5) is 25.7. The lowest BCUT2D eigenvalue weighted by atomic mass is 10.0. The molecular formula is C14H25NO4. The summed E-state index contributed by atoms with van der Waals surface area (Å²) in [5.74, 6) is -0.0912. The normalized spacial score (nSPS) is 27.3. The highest BCUT2D eigenvalue weighted by Crippen LogP contribution is 2.31. The highest BCUT2D eigenvalue weighted by Gasteiger charge is 2.45. The summed E-state index contributed by atoms with van der Waals surface area (Å²) >= 11 is 0. The van der Waals surface area contributed by atoms with E-state index in [9.17, 15) is 9.59 Å². The molecule has 1 heterocycles. The van der Waals surface area contributed by atoms with Crippen LogP contribution in [0.2, 0.25) is 0 Å². The fraction of sp³-hybridized carbons (Fsp3) is 0.857. The second-order valence-corrected chi connectivity index (χ2v) is 6.11. The zero-order chi connectivity index (χ0) is 14.8. The van der Waals surface area contributed by atoms with E-state index in [1.165, 1.54) is 4.90 Å². The predicted molar refractivity (Wildman–Crippen MR) is 71.7 cm³/mol. The van der Waals surface area contributed by atoms with Crippen molar-refractivity contribution in [3.05, 3.63) is 0 Å². The quantitative estimate of drug-likeness (QED) is 0.724. The number of ether oxygens (including phenoxy) is 2. The first kappa shape index (κ1) is 15.8. The molecule has 5 heteroatoms. The van der Waals surface area contributed by atoms with Crippen molar-refractivity contribution in [3.63, 3.8) is 0 Å². The van der Waals surface area contributed by atoms with Gasteiger partial charge in [0.25, 0.3) is 0 Å². The summed E-state index contributed by atoms with van der Waals surface area (Å²) in [6.07, 6.45) is 0.182. The maximum Gasteiger partial charge on any atom is 0.411 e. The molecule has 3 atom stereocenters. The SMILES string of the molecule is CCOC(=O)[C@@H]1C[C@@H](C)[C@@H](C)N1C(=O)OC(C)(C)C. The Morgan fingerprint density at radius 3 is 2.32 bits per heavy atom. The summed E-state index contributed by atoms with van der Waals surface area (Å²) in [6.45, 7) is 11.5. The molecule has 0 aromatic rings. The number of esters is 1. The summed E-state index contributed by atoms with van der Waals surface area (Å²) in [7, 11) is 0. The molecule has 0 aromatic heterocycles. The smallest absolute Gasteiger partial charge is 0.411 e. The van der Waals surface area contributed by atoms with Gasteiger partial charge in [0.2, 0.25) is 0 Å². The van der Waals surface area contributed by atoms with Crippen LogP contribution >= 0.6 is 0 Å². The minimum Gasteiger partial charge on any atom is -0.464 e. The van der Waals surface area contributed by atoms with Crippen LogP contribution in [-0.2, 0) is 14.3 Å². The molecule has 0 bridgehead atoms. The molecule has 0 spiro atoms. The van der Waals surface area contributed by atoms with Crippen molar-refractivity contribution in [2.45, 2.75) is 65.6 Å². The topological polar surface area (TPSA) is 55.8 Å². The molecule has 0 aromatic carbocycles. The van der Waals surface area contributed by atoms with Crippen molar-refractivity contribution in [1.29, 1.82) is 0 Å². The molecule has 0 aliphatic carbocycles. The Kier molecular flexibility index (Phi) is 4.82. The molecular weight excluding hydrogens is 246 g/mol. The van der Waals surface area contributed by atoms with Gasteiger partial charge >= 0.3 is 12.1 Å². The van der Waals surface area contributed by atoms with E-state index < -0.39 is 17.7 Å². The van der Waals surface area contributed by atoms with Gasteiger partial charge in [0, 0.05) is 6.04 Å². The van der Waals surface area contributed by atoms with Crippen LogP contribution in [0.25, 0.3) is 0 Å². The summed E-state index contributed by atoms with van der Waals surface area (Å²) in [5.41, 5.74) is -0.568. The van der Waals surface area contributed by atoms with Crippen molar-refractivity contribution >= 4 is 12.1 Å². The van der Waals surface area contributed by atoms with Crippen LogP contribution < -0.4 is 0 Å². The standard InChI is InChI=1S/C14H25NO4/c1-7-18-12(16)11-8-9(2)10(3)15(11)13(17)19-14(4,5)6/h9-11H,7-8H2,1-6H3/t9-,10-,11+/m1/s1. The lowest BCUT2D eigenvalue weighted by molar-refractivity contribution is -0.148. The van der Waals surface area contributed by atoms with Gasteiger partial charge < -0.3 is 9.47 Å². The number of likely N-dealkylation sites (tertiary alicyclic amines) is 1. The van der Waals surface area contributed by atoms with Gasteiger partial charge in [-0.3, -0.25) is 4.90 Å². The van der Waals surface area contributed by atoms with E-state index in [2.05, 4.69) is 0 Å². The maximum absolute atomic E-state index is 12.2. The zero-order valence-corrected chi connectivity index (χ0v) is 12.7. The molecule has 0 saturated carbocycles. The number of hydrogen-bond donors (Lipinski definition) is 0. The monoisotopic (exact) mass is 271 g/mol. The molecule has 1 fully saturated rings. The second-order valence-electron chi connectivity index (χ2n) is 6.11. The Hall–Kier alpha value is -1.26. The number of carbonyl (C=O) groups is 2. The minimum atomic E-state index is -0.568. The van der Waals surface area contributed by atoms with Gasteiger partial charge in [-0.1, -0.05) is 6.92 Å². The molecule has 0 N–H and O–H groups in total. The summed E-state index contributed by atoms with van der Waals surface area (Å²) < 4.78 is 10.4. The van der Waals surface area contributed by atoms with E-state index >= 15 is 0 Å². The highest BCUT2D eigenvalue weighted by atomic mass is 16.6. The van der Waals surface area contributed by atoms with Gasteiger partial charge in [-0.2, -0.15) is 0 Å². The summed E-state index contributed by atoms with van der Waals surface area (Å²) in [5, 5.41) is 0. The third-order valence-corrected chi connectivity index (χ3v) is 3.36. The molecule has 5 nitrogen and oxygen atoms in total. The van der Waals surface area contributed by atoms with Crippen LogP contribution in [0, 0.1) is 5.92 Å². The Bertz CT molecular complexity index is 348. The Labute approximate surface area is 115 Å². The van der Waals surface area contributed by atoms with Crippen LogP contribution in [0.1, 0.15) is 48.0 Å². The Morgan fingerprint density at radius 1 is 1.26 bits per heavy atom. The Morgan fingerprint density at radius 2 is 1.84 bits per heavy atom. The average Bonchev–Trinajstić information content (AvgIpc) is 2.53. The van der Waals surface area contributed by atoms with Gasteiger partial charge in [0.05, 0.1) is 6.61 Å². The minimum absolute atomic E-state index is 0.0238. The number of carbonyl (C=O) groups excluding carboxylic acids is 2. The van der Waals surface area contributed by atoms with E-state index in [1.807, 2.05) is 34.6 Å². The van der Waals surface area contributed by atoms with E-state index in [1.54, 1.807) is 6.92 Å². The number of rotatable bonds is 2. The first-order valence-electron chi connectivity index (χ1n) is 6.85. The van der Waals surface area contributed by atoms with Crippen molar-refractivity contribution < 1.29 is 19.1 Å². The maximum atomic E-state index is 12.2. The number of nitrogens with zero attached hydrogens (tertiary/aromatic N) is 1. The van der Waals surface area contributed by atoms with Crippen LogP contribution in [0.4, 0.5) is 4.79 Å². The third kappa shape index (κ3) is 3.85. The van der Waals surface area contributed by atoms with Crippen LogP contribution in [-0.4, -0.2) is 41.3 Å². The molecule has 0 radical (unpaired) electrons. The van der Waals surface area contributed by atoms with Crippen LogP contribution in [0.5, 0.6) is 0 Å². The van der Waals surface area contributed by atoms with Gasteiger partial charge in [0.1, 0.15) is 11.6 Å². The molecule has 0 unspecified atom stereocenters.